The largest absolute Gasteiger partial charge is 0.329 e. The van der Waals surface area contributed by atoms with Crippen molar-refractivity contribution in [2.24, 2.45) is 5.73 Å². The maximum atomic E-state index is 5.66. The van der Waals surface area contributed by atoms with Gasteiger partial charge in [-0.1, -0.05) is 20.8 Å². The molecule has 0 aromatic heterocycles. The highest BCUT2D eigenvalue weighted by Crippen LogP contribution is 2.52. The van der Waals surface area contributed by atoms with Crippen LogP contribution >= 0.6 is 11.8 Å². The van der Waals surface area contributed by atoms with Crippen LogP contribution < -0.4 is 5.73 Å². The van der Waals surface area contributed by atoms with E-state index in [-0.39, 0.29) is 0 Å². The van der Waals surface area contributed by atoms with Gasteiger partial charge in [-0.3, -0.25) is 0 Å². The van der Waals surface area contributed by atoms with Gasteiger partial charge >= 0.3 is 0 Å². The molecular formula is C8H17NS. The first kappa shape index (κ1) is 8.41. The molecule has 0 unspecified atom stereocenters. The standard InChI is InChI=1S/C8H17NS/c1-7(2,3)10-8(6-9)4-5-8/h4-6,9H2,1-3H3. The number of nitrogens with two attached hydrogens (primary N) is 1. The molecule has 0 aromatic carbocycles. The molecule has 0 radical (unpaired) electrons. The predicted octanol–water partition coefficient (Wildman–Crippen LogP) is 2.01. The maximum Gasteiger partial charge on any atom is 0.0288 e. The third kappa shape index (κ3) is 2.17. The Morgan fingerprint density at radius 1 is 1.40 bits per heavy atom. The van der Waals surface area contributed by atoms with Crippen LogP contribution in [0.15, 0.2) is 0 Å². The molecule has 0 saturated heterocycles. The first-order chi connectivity index (χ1) is 4.47. The molecule has 2 heteroatoms. The van der Waals surface area contributed by atoms with Gasteiger partial charge in [0.05, 0.1) is 0 Å². The third-order valence-electron chi connectivity index (χ3n) is 1.70. The summed E-state index contributed by atoms with van der Waals surface area (Å²) in [5.41, 5.74) is 5.66. The summed E-state index contributed by atoms with van der Waals surface area (Å²) in [5, 5.41) is 0. The smallest absolute Gasteiger partial charge is 0.0288 e. The van der Waals surface area contributed by atoms with Crippen molar-refractivity contribution in [3.8, 4) is 0 Å². The van der Waals surface area contributed by atoms with Gasteiger partial charge < -0.3 is 5.73 Å². The van der Waals surface area contributed by atoms with Gasteiger partial charge in [-0.05, 0) is 12.8 Å². The molecule has 1 aliphatic rings. The summed E-state index contributed by atoms with van der Waals surface area (Å²) in [4.78, 5) is 0. The van der Waals surface area contributed by atoms with E-state index in [0.29, 0.717) is 9.49 Å². The fourth-order valence-electron chi connectivity index (χ4n) is 1.14. The monoisotopic (exact) mass is 159 g/mol. The molecular weight excluding hydrogens is 142 g/mol. The lowest BCUT2D eigenvalue weighted by atomic mass is 10.3. The van der Waals surface area contributed by atoms with E-state index in [0.717, 1.165) is 6.54 Å². The lowest BCUT2D eigenvalue weighted by Gasteiger charge is -2.24. The van der Waals surface area contributed by atoms with E-state index in [1.54, 1.807) is 0 Å². The Balaban J connectivity index is 2.38. The van der Waals surface area contributed by atoms with E-state index < -0.39 is 0 Å². The maximum absolute atomic E-state index is 5.66. The molecule has 1 saturated carbocycles. The summed E-state index contributed by atoms with van der Waals surface area (Å²) in [6.45, 7) is 7.63. The van der Waals surface area contributed by atoms with Crippen LogP contribution in [0.4, 0.5) is 0 Å². The van der Waals surface area contributed by atoms with Gasteiger partial charge in [-0.15, -0.1) is 11.8 Å². The van der Waals surface area contributed by atoms with Crippen molar-refractivity contribution >= 4 is 11.8 Å². The first-order valence-corrected chi connectivity index (χ1v) is 4.69. The highest BCUT2D eigenvalue weighted by Gasteiger charge is 2.44. The fourth-order valence-corrected chi connectivity index (χ4v) is 2.83. The Kier molecular flexibility index (Phi) is 2.03. The molecule has 1 fully saturated rings. The van der Waals surface area contributed by atoms with E-state index in [1.165, 1.54) is 12.8 Å². The van der Waals surface area contributed by atoms with E-state index in [1.807, 2.05) is 11.8 Å². The van der Waals surface area contributed by atoms with E-state index in [9.17, 15) is 0 Å². The van der Waals surface area contributed by atoms with Crippen LogP contribution in [0.3, 0.4) is 0 Å². The SMILES string of the molecule is CC(C)(C)SC1(CN)CC1. The molecule has 0 spiro atoms. The fraction of sp³-hybridized carbons (Fsp3) is 1.00. The van der Waals surface area contributed by atoms with Gasteiger partial charge in [-0.25, -0.2) is 0 Å². The van der Waals surface area contributed by atoms with Crippen LogP contribution in [0.25, 0.3) is 0 Å². The molecule has 0 atom stereocenters. The second-order valence-electron chi connectivity index (χ2n) is 4.10. The summed E-state index contributed by atoms with van der Waals surface area (Å²) in [5.74, 6) is 0. The minimum atomic E-state index is 0.385. The topological polar surface area (TPSA) is 26.0 Å². The average Bonchev–Trinajstić information content (AvgIpc) is 2.45. The van der Waals surface area contributed by atoms with Crippen molar-refractivity contribution in [3.63, 3.8) is 0 Å². The first-order valence-electron chi connectivity index (χ1n) is 3.88. The molecule has 1 rings (SSSR count). The average molecular weight is 159 g/mol. The Morgan fingerprint density at radius 3 is 2.00 bits per heavy atom. The summed E-state index contributed by atoms with van der Waals surface area (Å²) in [6.07, 6.45) is 2.65. The van der Waals surface area contributed by atoms with Crippen LogP contribution in [0.2, 0.25) is 0 Å². The van der Waals surface area contributed by atoms with Crippen LogP contribution in [0.1, 0.15) is 33.6 Å². The zero-order valence-corrected chi connectivity index (χ0v) is 7.92. The van der Waals surface area contributed by atoms with Crippen molar-refractivity contribution in [2.45, 2.75) is 43.1 Å². The number of hydrogen-bond acceptors (Lipinski definition) is 2. The number of hydrogen-bond donors (Lipinski definition) is 1. The van der Waals surface area contributed by atoms with E-state index in [4.69, 9.17) is 5.73 Å². The third-order valence-corrected chi connectivity index (χ3v) is 3.32. The van der Waals surface area contributed by atoms with Crippen LogP contribution in [-0.2, 0) is 0 Å². The highest BCUT2D eigenvalue weighted by molar-refractivity contribution is 8.02. The molecule has 0 heterocycles. The van der Waals surface area contributed by atoms with Crippen molar-refractivity contribution in [2.75, 3.05) is 6.54 Å². The zero-order valence-electron chi connectivity index (χ0n) is 7.11. The van der Waals surface area contributed by atoms with Gasteiger partial charge in [0.15, 0.2) is 0 Å². The van der Waals surface area contributed by atoms with Crippen molar-refractivity contribution < 1.29 is 0 Å². The van der Waals surface area contributed by atoms with Crippen LogP contribution in [0, 0.1) is 0 Å². The van der Waals surface area contributed by atoms with E-state index >= 15 is 0 Å². The van der Waals surface area contributed by atoms with Gasteiger partial charge in [0.1, 0.15) is 0 Å². The summed E-state index contributed by atoms with van der Waals surface area (Å²) in [6, 6.07) is 0. The predicted molar refractivity (Wildman–Crippen MR) is 48.4 cm³/mol. The van der Waals surface area contributed by atoms with E-state index in [2.05, 4.69) is 20.8 Å². The molecule has 0 aliphatic heterocycles. The lowest BCUT2D eigenvalue weighted by Crippen LogP contribution is -2.24. The normalized spacial score (nSPS) is 22.8. The molecule has 0 aromatic rings. The lowest BCUT2D eigenvalue weighted by molar-refractivity contribution is 0.778. The molecule has 60 valence electrons. The van der Waals surface area contributed by atoms with Crippen molar-refractivity contribution in [1.29, 1.82) is 0 Å². The Morgan fingerprint density at radius 2 is 1.90 bits per heavy atom. The molecule has 0 amide bonds. The zero-order chi connectivity index (χ0) is 7.83. The van der Waals surface area contributed by atoms with Crippen LogP contribution in [-0.4, -0.2) is 16.0 Å². The quantitative estimate of drug-likeness (QED) is 0.667. The van der Waals surface area contributed by atoms with Crippen molar-refractivity contribution in [3.05, 3.63) is 0 Å². The van der Waals surface area contributed by atoms with Gasteiger partial charge in [0, 0.05) is 16.0 Å². The summed E-state index contributed by atoms with van der Waals surface area (Å²) >= 11 is 2.05. The minimum absolute atomic E-state index is 0.385. The molecule has 0 bridgehead atoms. The number of thioether (sulfide) groups is 1. The van der Waals surface area contributed by atoms with Crippen molar-refractivity contribution in [1.82, 2.24) is 0 Å². The molecule has 10 heavy (non-hydrogen) atoms. The summed E-state index contributed by atoms with van der Waals surface area (Å²) < 4.78 is 0.855. The molecule has 1 nitrogen and oxygen atoms in total. The highest BCUT2D eigenvalue weighted by atomic mass is 32.2. The van der Waals surface area contributed by atoms with Gasteiger partial charge in [0.2, 0.25) is 0 Å². The van der Waals surface area contributed by atoms with Gasteiger partial charge in [-0.2, -0.15) is 0 Å². The van der Waals surface area contributed by atoms with Gasteiger partial charge in [0.25, 0.3) is 0 Å². The Hall–Kier alpha value is 0.310. The number of rotatable bonds is 2. The summed E-state index contributed by atoms with van der Waals surface area (Å²) in [7, 11) is 0. The second kappa shape index (κ2) is 2.42. The second-order valence-corrected chi connectivity index (χ2v) is 6.40. The minimum Gasteiger partial charge on any atom is -0.329 e. The molecule has 2 N–H and O–H groups in total. The molecule has 1 aliphatic carbocycles. The van der Waals surface area contributed by atoms with Crippen LogP contribution in [0.5, 0.6) is 0 Å². The Labute approximate surface area is 67.8 Å². The Bertz CT molecular complexity index is 122.